The molecule has 0 unspecified atom stereocenters. The van der Waals surface area contributed by atoms with Crippen molar-refractivity contribution >= 4 is 32.7 Å². The van der Waals surface area contributed by atoms with Gasteiger partial charge in [-0.25, -0.2) is 9.59 Å². The number of rotatable bonds is 6. The number of hydrogen-bond donors (Lipinski definition) is 10. The van der Waals surface area contributed by atoms with E-state index in [4.69, 9.17) is 27.8 Å². The van der Waals surface area contributed by atoms with Crippen LogP contribution in [-0.2, 0) is 14.2 Å². The van der Waals surface area contributed by atoms with Gasteiger partial charge in [0.2, 0.25) is 17.8 Å². The Morgan fingerprint density at radius 2 is 1.18 bits per heavy atom. The maximum atomic E-state index is 12.9. The number of phenolic OH excluding ortho intramolecular Hbond substituents is 3. The highest BCUT2D eigenvalue weighted by atomic mass is 16.7. The van der Waals surface area contributed by atoms with E-state index in [0.717, 1.165) is 12.1 Å². The van der Waals surface area contributed by atoms with Crippen LogP contribution in [0, 0.1) is 0 Å². The van der Waals surface area contributed by atoms with Gasteiger partial charge in [-0.1, -0.05) is 0 Å². The lowest BCUT2D eigenvalue weighted by Gasteiger charge is -2.42. The summed E-state index contributed by atoms with van der Waals surface area (Å²) in [6.45, 7) is -1.41. The highest BCUT2D eigenvalue weighted by molar-refractivity contribution is 6.22. The summed E-state index contributed by atoms with van der Waals surface area (Å²) in [7, 11) is 0. The van der Waals surface area contributed by atoms with Gasteiger partial charge in [0.15, 0.2) is 29.0 Å². The second-order valence-corrected chi connectivity index (χ2v) is 10.4. The van der Waals surface area contributed by atoms with Crippen molar-refractivity contribution in [2.75, 3.05) is 13.2 Å². The topological polar surface area (TPSA) is 300 Å². The van der Waals surface area contributed by atoms with Gasteiger partial charge in [0.1, 0.15) is 48.8 Å². The molecule has 2 fully saturated rings. The van der Waals surface area contributed by atoms with Gasteiger partial charge in [0.05, 0.1) is 24.0 Å². The zero-order chi connectivity index (χ0) is 31.8. The normalized spacial score (nSPS) is 33.0. The summed E-state index contributed by atoms with van der Waals surface area (Å²) < 4.78 is 32.0. The fourth-order valence-corrected chi connectivity index (χ4v) is 5.33. The zero-order valence-electron chi connectivity index (χ0n) is 22.1. The van der Waals surface area contributed by atoms with E-state index in [1.54, 1.807) is 0 Å². The fourth-order valence-electron chi connectivity index (χ4n) is 5.33. The lowest BCUT2D eigenvalue weighted by Crippen LogP contribution is -2.62. The molecule has 2 aliphatic heterocycles. The average molecular weight is 626 g/mol. The molecule has 18 heteroatoms. The Kier molecular flexibility index (Phi) is 7.53. The van der Waals surface area contributed by atoms with Crippen molar-refractivity contribution in [3.8, 4) is 23.0 Å². The third kappa shape index (κ3) is 4.59. The van der Waals surface area contributed by atoms with Crippen molar-refractivity contribution < 1.29 is 78.8 Å². The molecule has 0 spiro atoms. The number of phenols is 3. The quantitative estimate of drug-likeness (QED) is 0.0567. The van der Waals surface area contributed by atoms with E-state index in [-0.39, 0.29) is 21.5 Å². The Morgan fingerprint density at radius 3 is 1.80 bits per heavy atom. The van der Waals surface area contributed by atoms with Gasteiger partial charge in [-0.15, -0.1) is 0 Å². The molecule has 4 heterocycles. The monoisotopic (exact) mass is 626 g/mol. The average Bonchev–Trinajstić information content (AvgIpc) is 3.00. The number of aliphatic hydroxyl groups excluding tert-OH is 7. The molecule has 10 atom stereocenters. The summed E-state index contributed by atoms with van der Waals surface area (Å²) in [6.07, 6.45) is -17.3. The first kappa shape index (κ1) is 30.2. The van der Waals surface area contributed by atoms with Crippen molar-refractivity contribution in [3.05, 3.63) is 33.0 Å². The molecule has 2 aliphatic rings. The van der Waals surface area contributed by atoms with Gasteiger partial charge in [-0.3, -0.25) is 0 Å². The first-order valence-electron chi connectivity index (χ1n) is 13.1. The van der Waals surface area contributed by atoms with Gasteiger partial charge < -0.3 is 78.8 Å². The maximum absolute atomic E-state index is 12.9. The molecule has 6 rings (SSSR count). The predicted octanol–water partition coefficient (Wildman–Crippen LogP) is -3.39. The van der Waals surface area contributed by atoms with Crippen molar-refractivity contribution in [1.82, 2.24) is 0 Å². The summed E-state index contributed by atoms with van der Waals surface area (Å²) in [4.78, 5) is 25.5. The van der Waals surface area contributed by atoms with Crippen LogP contribution in [-0.4, -0.2) is 126 Å². The SMILES string of the molecule is O=c1oc2c(O)c(O[C@H]3O[C@H](CO[C@H]4O[C@H](CO)[C@@H](O)[C@H](O)[C@H]4O)[C@@H](O)[C@H](O)[C@H]3O)cc3c(=O)oc4c(O)c(O)cc1c4c23. The summed E-state index contributed by atoms with van der Waals surface area (Å²) in [5.74, 6) is -3.10. The molecule has 44 heavy (non-hydrogen) atoms. The van der Waals surface area contributed by atoms with Crippen molar-refractivity contribution in [2.45, 2.75) is 61.4 Å². The Morgan fingerprint density at radius 1 is 0.659 bits per heavy atom. The minimum Gasteiger partial charge on any atom is -0.504 e. The lowest BCUT2D eigenvalue weighted by atomic mass is 9.98. The Labute approximate surface area is 242 Å². The summed E-state index contributed by atoms with van der Waals surface area (Å²) in [6, 6.07) is 1.83. The van der Waals surface area contributed by atoms with Gasteiger partial charge in [0.25, 0.3) is 0 Å². The Balaban J connectivity index is 1.31. The number of benzene rings is 2. The smallest absolute Gasteiger partial charge is 0.344 e. The van der Waals surface area contributed by atoms with E-state index in [0.29, 0.717) is 0 Å². The molecule has 0 bridgehead atoms. The molecule has 0 aliphatic carbocycles. The second kappa shape index (κ2) is 11.0. The van der Waals surface area contributed by atoms with Crippen LogP contribution in [0.3, 0.4) is 0 Å². The molecule has 2 aromatic heterocycles. The zero-order valence-corrected chi connectivity index (χ0v) is 22.1. The van der Waals surface area contributed by atoms with E-state index < -0.39 is 120 Å². The fraction of sp³-hybridized carbons (Fsp3) is 0.462. The molecular weight excluding hydrogens is 600 g/mol. The van der Waals surface area contributed by atoms with Gasteiger partial charge in [-0.05, 0) is 12.1 Å². The minimum absolute atomic E-state index is 0.152. The highest BCUT2D eigenvalue weighted by Gasteiger charge is 2.48. The van der Waals surface area contributed by atoms with E-state index in [2.05, 4.69) is 0 Å². The molecule has 0 amide bonds. The van der Waals surface area contributed by atoms with Crippen LogP contribution in [0.1, 0.15) is 0 Å². The van der Waals surface area contributed by atoms with Crippen LogP contribution < -0.4 is 16.0 Å². The van der Waals surface area contributed by atoms with Crippen molar-refractivity contribution in [2.24, 2.45) is 0 Å². The summed E-state index contributed by atoms with van der Waals surface area (Å²) in [5, 5.41) is 101. The van der Waals surface area contributed by atoms with Gasteiger partial charge >= 0.3 is 11.3 Å². The second-order valence-electron chi connectivity index (χ2n) is 10.4. The molecule has 18 nitrogen and oxygen atoms in total. The van der Waals surface area contributed by atoms with E-state index in [9.17, 15) is 60.7 Å². The van der Waals surface area contributed by atoms with Crippen LogP contribution in [0.25, 0.3) is 32.7 Å². The molecule has 238 valence electrons. The largest absolute Gasteiger partial charge is 0.504 e. The summed E-state index contributed by atoms with van der Waals surface area (Å²) >= 11 is 0. The number of aromatic hydroxyl groups is 3. The van der Waals surface area contributed by atoms with Crippen LogP contribution in [0.5, 0.6) is 23.0 Å². The first-order chi connectivity index (χ1) is 20.8. The Hall–Kier alpha value is -3.82. The molecule has 0 saturated carbocycles. The van der Waals surface area contributed by atoms with Crippen LogP contribution >= 0.6 is 0 Å². The highest BCUT2D eigenvalue weighted by Crippen LogP contribution is 2.45. The standard InChI is InChI=1S/C26H26O18/c27-3-9-14(30)17(33)19(35)25(41-9)39-4-10-15(31)18(34)20(36)26(42-10)40-8-2-6-12-11-5(23(37)44-22(12)16(8)32)1-7(28)13(29)21(11)43-24(6)38/h1-2,9-10,14-15,17-20,25-36H,3-4H2/t9-,10-,14-,15-,17+,18+,19-,20-,25+,26+/m1/s1. The number of ether oxygens (including phenoxy) is 4. The van der Waals surface area contributed by atoms with Gasteiger partial charge in [0, 0.05) is 10.8 Å². The van der Waals surface area contributed by atoms with Crippen molar-refractivity contribution in [1.29, 1.82) is 0 Å². The number of hydrogen-bond acceptors (Lipinski definition) is 18. The third-order valence-electron chi connectivity index (χ3n) is 7.72. The van der Waals surface area contributed by atoms with E-state index >= 15 is 0 Å². The predicted molar refractivity (Wildman–Crippen MR) is 139 cm³/mol. The Bertz CT molecular complexity index is 1810. The molecule has 0 radical (unpaired) electrons. The molecular formula is C26H26O18. The molecule has 4 aromatic rings. The summed E-state index contributed by atoms with van der Waals surface area (Å²) in [5.41, 5.74) is -3.35. The van der Waals surface area contributed by atoms with Crippen molar-refractivity contribution in [3.63, 3.8) is 0 Å². The molecule has 2 aromatic carbocycles. The lowest BCUT2D eigenvalue weighted by molar-refractivity contribution is -0.323. The van der Waals surface area contributed by atoms with Crippen LogP contribution in [0.2, 0.25) is 0 Å². The van der Waals surface area contributed by atoms with Gasteiger partial charge in [-0.2, -0.15) is 0 Å². The van der Waals surface area contributed by atoms with Crippen LogP contribution in [0.4, 0.5) is 0 Å². The minimum atomic E-state index is -1.97. The van der Waals surface area contributed by atoms with E-state index in [1.807, 2.05) is 0 Å². The third-order valence-corrected chi connectivity index (χ3v) is 7.72. The first-order valence-corrected chi connectivity index (χ1v) is 13.1. The molecule has 2 saturated heterocycles. The molecule has 10 N–H and O–H groups in total. The van der Waals surface area contributed by atoms with Crippen LogP contribution in [0.15, 0.2) is 30.6 Å². The maximum Gasteiger partial charge on any atom is 0.344 e. The van der Waals surface area contributed by atoms with E-state index in [1.165, 1.54) is 0 Å². The number of aliphatic hydroxyl groups is 7.